The molecule has 14 nitrogen and oxygen atoms in total. The van der Waals surface area contributed by atoms with Crippen LogP contribution in [-0.4, -0.2) is 108 Å². The molecule has 4 aromatic carbocycles. The average molecular weight is 1340 g/mol. The summed E-state index contributed by atoms with van der Waals surface area (Å²) in [5, 5.41) is 5.58. The maximum atomic E-state index is 15.9. The molecule has 0 saturated carbocycles. The average Bonchev–Trinajstić information content (AvgIpc) is 0.852. The first kappa shape index (κ1) is 75.4. The van der Waals surface area contributed by atoms with E-state index in [9.17, 15) is 46.3 Å². The van der Waals surface area contributed by atoms with Crippen LogP contribution in [0.3, 0.4) is 0 Å². The first-order valence-corrected chi connectivity index (χ1v) is 33.0. The number of carbonyl (C=O) groups is 4. The molecule has 2 N–H and O–H groups in total. The highest BCUT2D eigenvalue weighted by Gasteiger charge is 2.34. The Labute approximate surface area is 556 Å². The standard InChI is InChI=1S/2C37H45F4N3O4/c2*1-7-48-33(45)18-31(29-17-26(13-24(6)35(29)41)34-22(4)14-28(39)15-23(34)5)42-36(46)32(12-21(2)3)44-19-25(16-30(40)37(44)47)8-10-43-11-9-27(38)20-43/h2*13-17,19,21,27,31-32H,7-12,18,20H2,1-6H3,(H,42,46)/t2*27-,31+,32?/m11/s1. The number of benzene rings is 4. The summed E-state index contributed by atoms with van der Waals surface area (Å²) in [6.45, 7) is 23.5. The number of esters is 2. The molecule has 2 aliphatic rings. The summed E-state index contributed by atoms with van der Waals surface area (Å²) in [6, 6.07) is 9.31. The fourth-order valence-electron chi connectivity index (χ4n) is 13.0. The summed E-state index contributed by atoms with van der Waals surface area (Å²) in [4.78, 5) is 84.0. The van der Waals surface area contributed by atoms with E-state index in [0.717, 1.165) is 21.3 Å². The number of hydrogen-bond acceptors (Lipinski definition) is 10. The molecule has 22 heteroatoms. The Morgan fingerprint density at radius 2 is 0.854 bits per heavy atom. The molecule has 6 aromatic rings. The molecule has 2 saturated heterocycles. The number of carbonyl (C=O) groups excluding carboxylic acids is 4. The zero-order chi connectivity index (χ0) is 70.6. The van der Waals surface area contributed by atoms with Crippen LogP contribution >= 0.6 is 0 Å². The highest BCUT2D eigenvalue weighted by atomic mass is 19.2. The third-order valence-electron chi connectivity index (χ3n) is 17.5. The SMILES string of the molecule is CCOC(=O)C[C@H](NC(=O)C(CC(C)C)n1cc(CCN2CC[C@@H](F)C2)cc(F)c1=O)c1cc(-c2c(C)cc(F)cc2C)cc(C)c1F.CCOC(=O)C[C@H](NC(=O)C(CC(C)C)n1cc(CCN2CC[C@@H](F)C2)cc(F)c1=O)c1cc(-c2c(C)cc(F)cc2C)cc(C)c1F. The van der Waals surface area contributed by atoms with Crippen molar-refractivity contribution in [2.75, 3.05) is 52.5 Å². The van der Waals surface area contributed by atoms with Gasteiger partial charge in [0.15, 0.2) is 11.6 Å². The van der Waals surface area contributed by atoms with Gasteiger partial charge in [-0.2, -0.15) is 0 Å². The van der Waals surface area contributed by atoms with Gasteiger partial charge in [0.1, 0.15) is 47.7 Å². The molecule has 2 unspecified atom stereocenters. The summed E-state index contributed by atoms with van der Waals surface area (Å²) < 4.78 is 130. The topological polar surface area (TPSA) is 161 Å². The fraction of sp³-hybridized carbons (Fsp3) is 0.486. The minimum absolute atomic E-state index is 0.0156. The lowest BCUT2D eigenvalue weighted by Crippen LogP contribution is -2.41. The lowest BCUT2D eigenvalue weighted by atomic mass is 9.90. The molecule has 0 aliphatic carbocycles. The maximum Gasteiger partial charge on any atom is 0.308 e. The molecule has 96 heavy (non-hydrogen) atoms. The van der Waals surface area contributed by atoms with Crippen molar-refractivity contribution < 1.29 is 63.8 Å². The van der Waals surface area contributed by atoms with E-state index in [1.54, 1.807) is 67.5 Å². The number of halogens is 8. The van der Waals surface area contributed by atoms with Crippen LogP contribution in [0.2, 0.25) is 0 Å². The van der Waals surface area contributed by atoms with Crippen LogP contribution < -0.4 is 21.8 Å². The van der Waals surface area contributed by atoms with Crippen molar-refractivity contribution in [1.29, 1.82) is 0 Å². The molecule has 4 heterocycles. The van der Waals surface area contributed by atoms with Gasteiger partial charge >= 0.3 is 11.9 Å². The molecule has 0 spiro atoms. The lowest BCUT2D eigenvalue weighted by Gasteiger charge is -2.27. The molecular formula is C74H90F8N6O8. The lowest BCUT2D eigenvalue weighted by molar-refractivity contribution is -0.145. The van der Waals surface area contributed by atoms with Gasteiger partial charge in [0.05, 0.1) is 38.1 Å². The molecule has 2 aromatic heterocycles. The number of pyridine rings is 2. The molecule has 2 amide bonds. The monoisotopic (exact) mass is 1340 g/mol. The number of alkyl halides is 2. The van der Waals surface area contributed by atoms with Gasteiger partial charge in [-0.05, 0) is 233 Å². The van der Waals surface area contributed by atoms with Gasteiger partial charge in [-0.25, -0.2) is 35.1 Å². The highest BCUT2D eigenvalue weighted by Crippen LogP contribution is 2.37. The van der Waals surface area contributed by atoms with E-state index >= 15 is 17.6 Å². The first-order valence-electron chi connectivity index (χ1n) is 33.0. The number of aromatic nitrogens is 2. The normalized spacial score (nSPS) is 16.3. The van der Waals surface area contributed by atoms with Gasteiger partial charge in [0.2, 0.25) is 11.8 Å². The van der Waals surface area contributed by atoms with Gasteiger partial charge in [0.25, 0.3) is 11.1 Å². The molecule has 0 bridgehead atoms. The van der Waals surface area contributed by atoms with E-state index in [1.807, 2.05) is 37.5 Å². The van der Waals surface area contributed by atoms with E-state index < -0.39 is 119 Å². The Morgan fingerprint density at radius 3 is 1.16 bits per heavy atom. The summed E-state index contributed by atoms with van der Waals surface area (Å²) in [7, 11) is 0. The quantitative estimate of drug-likeness (QED) is 0.0395. The van der Waals surface area contributed by atoms with Crippen molar-refractivity contribution in [3.05, 3.63) is 184 Å². The van der Waals surface area contributed by atoms with Crippen LogP contribution in [0.5, 0.6) is 0 Å². The van der Waals surface area contributed by atoms with Crippen molar-refractivity contribution >= 4 is 23.8 Å². The Bertz CT molecular complexity index is 3620. The van der Waals surface area contributed by atoms with Crippen LogP contribution in [0.1, 0.15) is 160 Å². The molecular weight excluding hydrogens is 1250 g/mol. The van der Waals surface area contributed by atoms with Crippen molar-refractivity contribution in [2.24, 2.45) is 11.8 Å². The van der Waals surface area contributed by atoms with E-state index in [-0.39, 0.29) is 60.1 Å². The van der Waals surface area contributed by atoms with Gasteiger partial charge in [0, 0.05) is 62.8 Å². The van der Waals surface area contributed by atoms with E-state index in [1.165, 1.54) is 48.8 Å². The predicted octanol–water partition coefficient (Wildman–Crippen LogP) is 13.7. The summed E-state index contributed by atoms with van der Waals surface area (Å²) in [5.41, 5.74) is 4.52. The third-order valence-corrected chi connectivity index (χ3v) is 17.5. The number of hydrogen-bond donors (Lipinski definition) is 2. The number of nitrogens with one attached hydrogen (secondary N) is 2. The second kappa shape index (κ2) is 33.8. The third kappa shape index (κ3) is 19.6. The summed E-state index contributed by atoms with van der Waals surface area (Å²) >= 11 is 0. The van der Waals surface area contributed by atoms with Crippen LogP contribution in [0.25, 0.3) is 22.3 Å². The molecule has 8 rings (SSSR count). The van der Waals surface area contributed by atoms with Crippen LogP contribution in [0, 0.1) is 88.3 Å². The largest absolute Gasteiger partial charge is 0.466 e. The van der Waals surface area contributed by atoms with Crippen LogP contribution in [0.15, 0.2) is 82.6 Å². The van der Waals surface area contributed by atoms with Crippen molar-refractivity contribution in [2.45, 2.75) is 171 Å². The van der Waals surface area contributed by atoms with Crippen LogP contribution in [0.4, 0.5) is 35.1 Å². The summed E-state index contributed by atoms with van der Waals surface area (Å²) in [6.07, 6.45) is 2.10. The van der Waals surface area contributed by atoms with Crippen molar-refractivity contribution in [3.63, 3.8) is 0 Å². The highest BCUT2D eigenvalue weighted by molar-refractivity contribution is 5.83. The second-order valence-electron chi connectivity index (χ2n) is 26.3. The van der Waals surface area contributed by atoms with Gasteiger partial charge in [-0.15, -0.1) is 0 Å². The smallest absolute Gasteiger partial charge is 0.308 e. The first-order chi connectivity index (χ1) is 45.3. The number of rotatable bonds is 26. The number of likely N-dealkylation sites (tertiary alicyclic amines) is 2. The maximum absolute atomic E-state index is 15.9. The zero-order valence-electron chi connectivity index (χ0n) is 56.9. The minimum Gasteiger partial charge on any atom is -0.466 e. The Hall–Kier alpha value is -7.98. The zero-order valence-corrected chi connectivity index (χ0v) is 56.9. The number of aryl methyl sites for hydroxylation is 6. The van der Waals surface area contributed by atoms with E-state index in [2.05, 4.69) is 10.6 Å². The summed E-state index contributed by atoms with van der Waals surface area (Å²) in [5.74, 6) is -7.13. The molecule has 520 valence electrons. The van der Waals surface area contributed by atoms with E-state index in [4.69, 9.17) is 9.47 Å². The molecule has 6 atom stereocenters. The number of amides is 2. The predicted molar refractivity (Wildman–Crippen MR) is 354 cm³/mol. The van der Waals surface area contributed by atoms with Crippen molar-refractivity contribution in [3.8, 4) is 22.3 Å². The van der Waals surface area contributed by atoms with Gasteiger partial charge in [-0.1, -0.05) is 27.7 Å². The van der Waals surface area contributed by atoms with Crippen LogP contribution in [-0.2, 0) is 41.5 Å². The van der Waals surface area contributed by atoms with Crippen molar-refractivity contribution in [1.82, 2.24) is 29.6 Å². The number of ether oxygens (including phenoxy) is 2. The fourth-order valence-corrected chi connectivity index (χ4v) is 13.0. The van der Waals surface area contributed by atoms with E-state index in [0.29, 0.717) is 121 Å². The Balaban J connectivity index is 0.000000271. The van der Waals surface area contributed by atoms with Gasteiger partial charge < -0.3 is 39.0 Å². The second-order valence-corrected chi connectivity index (χ2v) is 26.3. The minimum atomic E-state index is -1.21. The molecule has 0 radical (unpaired) electrons. The number of nitrogens with zero attached hydrogens (tertiary/aromatic N) is 4. The van der Waals surface area contributed by atoms with Gasteiger partial charge in [-0.3, -0.25) is 28.8 Å². The Kier molecular flexibility index (Phi) is 26.5. The molecule has 2 aliphatic heterocycles. The molecule has 2 fully saturated rings. The Morgan fingerprint density at radius 1 is 0.510 bits per heavy atom.